The Bertz CT molecular complexity index is 1510. The summed E-state index contributed by atoms with van der Waals surface area (Å²) in [7, 11) is 2.86. The fourth-order valence-electron chi connectivity index (χ4n) is 3.61. The van der Waals surface area contributed by atoms with Gasteiger partial charge in [-0.3, -0.25) is 9.36 Å². The highest BCUT2D eigenvalue weighted by Crippen LogP contribution is 2.31. The highest BCUT2D eigenvalue weighted by atomic mass is 32.1. The van der Waals surface area contributed by atoms with Crippen molar-refractivity contribution in [2.75, 3.05) is 14.2 Å². The maximum Gasteiger partial charge on any atom is 0.341 e. The largest absolute Gasteiger partial charge is 0.497 e. The van der Waals surface area contributed by atoms with Crippen LogP contribution in [0.15, 0.2) is 71.9 Å². The molecule has 2 aliphatic rings. The van der Waals surface area contributed by atoms with E-state index in [0.717, 1.165) is 10.4 Å². The molecule has 0 amide bonds. The third kappa shape index (κ3) is 3.75. The number of hydrogen-bond donors (Lipinski definition) is 0. The average molecular weight is 473 g/mol. The van der Waals surface area contributed by atoms with E-state index in [1.807, 2.05) is 31.2 Å². The minimum absolute atomic E-state index is 0.177. The Morgan fingerprint density at radius 1 is 1.00 bits per heavy atom. The first-order valence-electron chi connectivity index (χ1n) is 10.4. The smallest absolute Gasteiger partial charge is 0.341 e. The third-order valence-corrected chi connectivity index (χ3v) is 6.50. The number of aryl methyl sites for hydroxylation is 1. The fraction of sp³-hybridized carbons (Fsp3) is 0.120. The van der Waals surface area contributed by atoms with Crippen molar-refractivity contribution in [3.63, 3.8) is 0 Å². The maximum atomic E-state index is 13.3. The molecule has 34 heavy (non-hydrogen) atoms. The molecule has 2 aromatic carbocycles. The number of rotatable bonds is 5. The average Bonchev–Trinajstić information content (AvgIpc) is 3.49. The molecule has 0 unspecified atom stereocenters. The number of pyridine rings is 1. The number of carbonyl (C=O) groups excluding carboxylic acids is 1. The second-order valence-electron chi connectivity index (χ2n) is 7.62. The van der Waals surface area contributed by atoms with Gasteiger partial charge in [-0.15, -0.1) is 0 Å². The predicted molar refractivity (Wildman–Crippen MR) is 130 cm³/mol. The maximum absolute atomic E-state index is 13.3. The van der Waals surface area contributed by atoms with Crippen LogP contribution in [0.2, 0.25) is 0 Å². The number of benzene rings is 2. The molecule has 0 aliphatic carbocycles. The molecule has 8 nitrogen and oxygen atoms in total. The highest BCUT2D eigenvalue weighted by Gasteiger charge is 2.26. The topological polar surface area (TPSA) is 88.2 Å². The van der Waals surface area contributed by atoms with E-state index in [0.29, 0.717) is 16.6 Å². The lowest BCUT2D eigenvalue weighted by atomic mass is 10.1. The molecule has 0 N–H and O–H groups in total. The third-order valence-electron chi connectivity index (χ3n) is 5.44. The van der Waals surface area contributed by atoms with Crippen LogP contribution in [0.5, 0.6) is 5.75 Å². The van der Waals surface area contributed by atoms with Crippen LogP contribution in [-0.4, -0.2) is 39.5 Å². The zero-order valence-electron chi connectivity index (χ0n) is 18.7. The first-order chi connectivity index (χ1) is 16.5. The molecule has 170 valence electrons. The van der Waals surface area contributed by atoms with Crippen molar-refractivity contribution in [2.24, 2.45) is 0 Å². The summed E-state index contributed by atoms with van der Waals surface area (Å²) in [6.45, 7) is 2.04. The van der Waals surface area contributed by atoms with Crippen molar-refractivity contribution >= 4 is 17.3 Å². The summed E-state index contributed by atoms with van der Waals surface area (Å²) in [6.07, 6.45) is 5.02. The monoisotopic (exact) mass is 472 g/mol. The number of aromatic nitrogens is 4. The summed E-state index contributed by atoms with van der Waals surface area (Å²) < 4.78 is 13.1. The van der Waals surface area contributed by atoms with Gasteiger partial charge in [0.1, 0.15) is 17.0 Å². The second kappa shape index (κ2) is 8.60. The van der Waals surface area contributed by atoms with Crippen LogP contribution < -0.4 is 10.3 Å². The van der Waals surface area contributed by atoms with Crippen molar-refractivity contribution in [1.82, 2.24) is 19.3 Å². The quantitative estimate of drug-likeness (QED) is 0.353. The molecule has 2 aliphatic heterocycles. The lowest BCUT2D eigenvalue weighted by Crippen LogP contribution is -2.15. The van der Waals surface area contributed by atoms with Gasteiger partial charge in [0.25, 0.3) is 5.56 Å². The number of fused-ring (bicyclic) bond motifs is 1. The Balaban J connectivity index is 1.64. The van der Waals surface area contributed by atoms with E-state index in [4.69, 9.17) is 9.47 Å². The first kappa shape index (κ1) is 21.6. The second-order valence-corrected chi connectivity index (χ2v) is 8.63. The number of esters is 1. The Hall–Kier alpha value is -4.24. The van der Waals surface area contributed by atoms with E-state index in [1.54, 1.807) is 54.5 Å². The highest BCUT2D eigenvalue weighted by molar-refractivity contribution is 7.17. The van der Waals surface area contributed by atoms with Gasteiger partial charge in [0.05, 0.1) is 30.3 Å². The number of methoxy groups -OCH3 is 2. The van der Waals surface area contributed by atoms with Gasteiger partial charge in [-0.2, -0.15) is 9.78 Å². The minimum Gasteiger partial charge on any atom is -0.497 e. The van der Waals surface area contributed by atoms with Gasteiger partial charge in [0.15, 0.2) is 5.13 Å². The predicted octanol–water partition coefficient (Wildman–Crippen LogP) is 4.36. The van der Waals surface area contributed by atoms with Crippen molar-refractivity contribution in [3.05, 3.63) is 88.6 Å². The van der Waals surface area contributed by atoms with E-state index in [2.05, 4.69) is 10.1 Å². The minimum atomic E-state index is -0.589. The molecule has 0 saturated carbocycles. The standard InChI is InChI=1S/C25H20N4O4S/c1-15-4-6-16(7-5-15)21-12-26-25(34-21)28-13-19-22(20(14-28)24(31)33-3)27-29(23(19)30)17-8-10-18(32-2)11-9-17/h4-14H,1-3H3. The molecule has 0 fully saturated rings. The molecule has 1 aromatic heterocycles. The number of thiazole rings is 1. The Morgan fingerprint density at radius 3 is 2.41 bits per heavy atom. The van der Waals surface area contributed by atoms with Gasteiger partial charge in [-0.25, -0.2) is 9.78 Å². The van der Waals surface area contributed by atoms with Crippen LogP contribution in [0.3, 0.4) is 0 Å². The van der Waals surface area contributed by atoms with Crippen LogP contribution in [0, 0.1) is 6.92 Å². The molecule has 3 heterocycles. The molecular weight excluding hydrogens is 452 g/mol. The summed E-state index contributed by atoms with van der Waals surface area (Å²) in [6, 6.07) is 15.1. The lowest BCUT2D eigenvalue weighted by Gasteiger charge is -2.09. The summed E-state index contributed by atoms with van der Waals surface area (Å²) >= 11 is 1.45. The number of ether oxygens (including phenoxy) is 2. The molecular formula is C25H20N4O4S. The van der Waals surface area contributed by atoms with Gasteiger partial charge < -0.3 is 9.47 Å². The molecule has 0 saturated heterocycles. The summed E-state index contributed by atoms with van der Waals surface area (Å²) in [4.78, 5) is 31.4. The van der Waals surface area contributed by atoms with Crippen LogP contribution in [0.4, 0.5) is 0 Å². The molecule has 9 heteroatoms. The molecule has 0 bridgehead atoms. The molecule has 5 rings (SSSR count). The van der Waals surface area contributed by atoms with Crippen molar-refractivity contribution in [2.45, 2.75) is 6.92 Å². The van der Waals surface area contributed by atoms with Gasteiger partial charge in [0.2, 0.25) is 0 Å². The van der Waals surface area contributed by atoms with E-state index in [9.17, 15) is 9.59 Å². The van der Waals surface area contributed by atoms with Gasteiger partial charge >= 0.3 is 5.97 Å². The van der Waals surface area contributed by atoms with Crippen molar-refractivity contribution < 1.29 is 14.3 Å². The van der Waals surface area contributed by atoms with E-state index in [-0.39, 0.29) is 22.4 Å². The van der Waals surface area contributed by atoms with Crippen LogP contribution in [0.1, 0.15) is 15.9 Å². The number of carbonyl (C=O) groups is 1. The lowest BCUT2D eigenvalue weighted by molar-refractivity contribution is 0.0600. The summed E-state index contributed by atoms with van der Waals surface area (Å²) in [5.74, 6) is 0.0724. The normalized spacial score (nSPS) is 11.0. The Kier molecular flexibility index (Phi) is 5.46. The van der Waals surface area contributed by atoms with Gasteiger partial charge in [0, 0.05) is 18.6 Å². The van der Waals surface area contributed by atoms with Crippen molar-refractivity contribution in [1.29, 1.82) is 0 Å². The fourth-order valence-corrected chi connectivity index (χ4v) is 4.48. The van der Waals surface area contributed by atoms with Gasteiger partial charge in [-0.1, -0.05) is 41.2 Å². The zero-order valence-corrected chi connectivity index (χ0v) is 19.5. The molecule has 0 atom stereocenters. The van der Waals surface area contributed by atoms with E-state index in [1.165, 1.54) is 28.7 Å². The zero-order chi connectivity index (χ0) is 23.8. The van der Waals surface area contributed by atoms with E-state index >= 15 is 0 Å². The Labute approximate surface area is 199 Å². The van der Waals surface area contributed by atoms with E-state index < -0.39 is 5.97 Å². The van der Waals surface area contributed by atoms with Gasteiger partial charge in [-0.05, 0) is 36.8 Å². The number of nitrogens with zero attached hydrogens (tertiary/aromatic N) is 4. The summed E-state index contributed by atoms with van der Waals surface area (Å²) in [5.41, 5.74) is 3.14. The van der Waals surface area contributed by atoms with Crippen molar-refractivity contribution in [3.8, 4) is 38.3 Å². The van der Waals surface area contributed by atoms with Crippen LogP contribution in [-0.2, 0) is 4.74 Å². The van der Waals surface area contributed by atoms with Crippen LogP contribution >= 0.6 is 11.3 Å². The Morgan fingerprint density at radius 2 is 1.74 bits per heavy atom. The SMILES string of the molecule is COC(=O)c1cn(-c2ncc(-c3ccc(C)cc3)s2)cc2c(=O)n(-c3ccc(OC)cc3)nc1-2. The molecule has 0 radical (unpaired) electrons. The molecule has 3 aromatic rings. The first-order valence-corrected chi connectivity index (χ1v) is 11.2. The van der Waals surface area contributed by atoms with Crippen LogP contribution in [0.25, 0.3) is 32.5 Å². The molecule has 0 spiro atoms. The summed E-state index contributed by atoms with van der Waals surface area (Å²) in [5, 5.41) is 5.05. The number of hydrogen-bond acceptors (Lipinski definition) is 7.